The average molecular weight is 511 g/mol. The summed E-state index contributed by atoms with van der Waals surface area (Å²) in [6.07, 6.45) is 1.95. The molecule has 4 heterocycles. The molecule has 188 valence electrons. The topological polar surface area (TPSA) is 83.0 Å². The number of nitrogens with one attached hydrogen (secondary N) is 2. The van der Waals surface area contributed by atoms with Gasteiger partial charge in [0.15, 0.2) is 0 Å². The molecule has 2 aromatic carbocycles. The third-order valence-corrected chi connectivity index (χ3v) is 7.17. The molecule has 0 unspecified atom stereocenters. The van der Waals surface area contributed by atoms with Gasteiger partial charge in [-0.2, -0.15) is 0 Å². The van der Waals surface area contributed by atoms with Gasteiger partial charge in [0, 0.05) is 49.9 Å². The Kier molecular flexibility index (Phi) is 7.79. The van der Waals surface area contributed by atoms with E-state index in [1.807, 2.05) is 74.6 Å². The number of hydrogen-bond donors (Lipinski definition) is 2. The van der Waals surface area contributed by atoms with Gasteiger partial charge in [0.1, 0.15) is 21.0 Å². The highest BCUT2D eigenvalue weighted by Gasteiger charge is 2.16. The minimum absolute atomic E-state index is 0.249. The zero-order valence-corrected chi connectivity index (χ0v) is 21.9. The molecule has 3 aromatic heterocycles. The standard InChI is InChI=1S/C27H24N6OS.C2H6/c34-25(23-10-9-19-5-1-3-7-21(19)30-23)31-22-8-4-2-6-20(22)26-32-24-15-18(16-29-27(24)35-26)17-33-13-11-28-12-14-33;1-2/h1-10,15-16,28H,11-14,17H2,(H,31,34);1-2H3. The van der Waals surface area contributed by atoms with E-state index in [0.717, 1.165) is 64.5 Å². The highest BCUT2D eigenvalue weighted by Crippen LogP contribution is 2.34. The molecule has 0 atom stereocenters. The lowest BCUT2D eigenvalue weighted by atomic mass is 10.1. The summed E-state index contributed by atoms with van der Waals surface area (Å²) in [6, 6.07) is 21.3. The van der Waals surface area contributed by atoms with Crippen molar-refractivity contribution in [1.82, 2.24) is 25.2 Å². The highest BCUT2D eigenvalue weighted by molar-refractivity contribution is 7.21. The Morgan fingerprint density at radius 1 is 0.973 bits per heavy atom. The van der Waals surface area contributed by atoms with Crippen LogP contribution in [0.3, 0.4) is 0 Å². The van der Waals surface area contributed by atoms with E-state index in [1.165, 1.54) is 16.9 Å². The largest absolute Gasteiger partial charge is 0.320 e. The molecule has 0 radical (unpaired) electrons. The number of para-hydroxylation sites is 2. The van der Waals surface area contributed by atoms with Crippen molar-refractivity contribution in [1.29, 1.82) is 0 Å². The summed E-state index contributed by atoms with van der Waals surface area (Å²) in [6.45, 7) is 9.00. The molecule has 2 N–H and O–H groups in total. The number of thiazole rings is 1. The van der Waals surface area contributed by atoms with Crippen LogP contribution in [0.1, 0.15) is 29.9 Å². The minimum Gasteiger partial charge on any atom is -0.320 e. The van der Waals surface area contributed by atoms with E-state index in [9.17, 15) is 4.79 Å². The van der Waals surface area contributed by atoms with Gasteiger partial charge in [-0.05, 0) is 35.9 Å². The van der Waals surface area contributed by atoms with Crippen LogP contribution in [-0.2, 0) is 6.54 Å². The third-order valence-electron chi connectivity index (χ3n) is 6.16. The first-order chi connectivity index (χ1) is 18.2. The number of anilines is 1. The summed E-state index contributed by atoms with van der Waals surface area (Å²) in [5, 5.41) is 8.25. The van der Waals surface area contributed by atoms with E-state index in [4.69, 9.17) is 4.98 Å². The predicted octanol–water partition coefficient (Wildman–Crippen LogP) is 5.59. The molecule has 0 spiro atoms. The molecule has 0 bridgehead atoms. The fourth-order valence-corrected chi connectivity index (χ4v) is 5.28. The van der Waals surface area contributed by atoms with Gasteiger partial charge < -0.3 is 10.6 Å². The van der Waals surface area contributed by atoms with Gasteiger partial charge in [0.25, 0.3) is 5.91 Å². The van der Waals surface area contributed by atoms with Gasteiger partial charge in [0.2, 0.25) is 0 Å². The Hall–Kier alpha value is -3.72. The second-order valence-electron chi connectivity index (χ2n) is 8.60. The first kappa shape index (κ1) is 25.0. The molecule has 1 aliphatic heterocycles. The maximum absolute atomic E-state index is 13.0. The van der Waals surface area contributed by atoms with Crippen molar-refractivity contribution in [2.24, 2.45) is 0 Å². The quantitative estimate of drug-likeness (QED) is 0.321. The second kappa shape index (κ2) is 11.6. The van der Waals surface area contributed by atoms with Crippen molar-refractivity contribution >= 4 is 44.2 Å². The Morgan fingerprint density at radius 3 is 2.62 bits per heavy atom. The lowest BCUT2D eigenvalue weighted by molar-refractivity contribution is 0.102. The maximum Gasteiger partial charge on any atom is 0.274 e. The number of carbonyl (C=O) groups is 1. The molecule has 1 amide bonds. The van der Waals surface area contributed by atoms with Crippen LogP contribution in [-0.4, -0.2) is 51.9 Å². The van der Waals surface area contributed by atoms with Gasteiger partial charge in [-0.15, -0.1) is 0 Å². The number of fused-ring (bicyclic) bond motifs is 2. The van der Waals surface area contributed by atoms with Crippen molar-refractivity contribution in [2.75, 3.05) is 31.5 Å². The molecule has 5 aromatic rings. The molecule has 0 saturated carbocycles. The van der Waals surface area contributed by atoms with E-state index < -0.39 is 0 Å². The summed E-state index contributed by atoms with van der Waals surface area (Å²) in [5.74, 6) is -0.249. The lowest BCUT2D eigenvalue weighted by Crippen LogP contribution is -2.42. The number of pyridine rings is 2. The molecule has 1 fully saturated rings. The first-order valence-corrected chi connectivity index (χ1v) is 13.5. The molecule has 8 heteroatoms. The van der Waals surface area contributed by atoms with Crippen LogP contribution in [0.25, 0.3) is 31.8 Å². The maximum atomic E-state index is 13.0. The second-order valence-corrected chi connectivity index (χ2v) is 9.58. The number of amides is 1. The molecule has 37 heavy (non-hydrogen) atoms. The number of aromatic nitrogens is 3. The summed E-state index contributed by atoms with van der Waals surface area (Å²) in [7, 11) is 0. The van der Waals surface area contributed by atoms with E-state index >= 15 is 0 Å². The molecular weight excluding hydrogens is 480 g/mol. The van der Waals surface area contributed by atoms with Gasteiger partial charge in [-0.25, -0.2) is 15.0 Å². The van der Waals surface area contributed by atoms with Crippen molar-refractivity contribution < 1.29 is 4.79 Å². The lowest BCUT2D eigenvalue weighted by Gasteiger charge is -2.26. The van der Waals surface area contributed by atoms with E-state index in [-0.39, 0.29) is 5.91 Å². The smallest absolute Gasteiger partial charge is 0.274 e. The van der Waals surface area contributed by atoms with Crippen molar-refractivity contribution in [3.05, 3.63) is 84.2 Å². The van der Waals surface area contributed by atoms with Crippen LogP contribution in [0, 0.1) is 0 Å². The van der Waals surface area contributed by atoms with Crippen LogP contribution >= 0.6 is 11.3 Å². The number of piperazine rings is 1. The molecule has 0 aliphatic carbocycles. The Bertz CT molecular complexity index is 1530. The Morgan fingerprint density at radius 2 is 1.76 bits per heavy atom. The van der Waals surface area contributed by atoms with Gasteiger partial charge in [0.05, 0.1) is 11.2 Å². The first-order valence-electron chi connectivity index (χ1n) is 12.7. The van der Waals surface area contributed by atoms with Crippen LogP contribution < -0.4 is 10.6 Å². The third kappa shape index (κ3) is 5.67. The van der Waals surface area contributed by atoms with Crippen molar-refractivity contribution in [2.45, 2.75) is 20.4 Å². The van der Waals surface area contributed by atoms with E-state index in [0.29, 0.717) is 11.4 Å². The number of rotatable bonds is 5. The monoisotopic (exact) mass is 510 g/mol. The zero-order valence-electron chi connectivity index (χ0n) is 21.1. The van der Waals surface area contributed by atoms with Gasteiger partial charge in [-0.3, -0.25) is 9.69 Å². The molecule has 7 nitrogen and oxygen atoms in total. The fourth-order valence-electron chi connectivity index (χ4n) is 4.35. The number of hydrogen-bond acceptors (Lipinski definition) is 7. The Labute approximate surface area is 220 Å². The average Bonchev–Trinajstić information content (AvgIpc) is 3.38. The normalized spacial score (nSPS) is 13.8. The Balaban J connectivity index is 0.00000137. The summed E-state index contributed by atoms with van der Waals surface area (Å²) in [5.41, 5.74) is 4.79. The van der Waals surface area contributed by atoms with Crippen molar-refractivity contribution in [3.63, 3.8) is 0 Å². The van der Waals surface area contributed by atoms with E-state index in [1.54, 1.807) is 6.07 Å². The summed E-state index contributed by atoms with van der Waals surface area (Å²) >= 11 is 1.53. The molecular formula is C29H30N6OS. The van der Waals surface area contributed by atoms with Gasteiger partial charge >= 0.3 is 0 Å². The zero-order chi connectivity index (χ0) is 25.6. The van der Waals surface area contributed by atoms with Crippen molar-refractivity contribution in [3.8, 4) is 10.6 Å². The van der Waals surface area contributed by atoms with Crippen LogP contribution in [0.4, 0.5) is 5.69 Å². The van der Waals surface area contributed by atoms with Gasteiger partial charge in [-0.1, -0.05) is 61.6 Å². The highest BCUT2D eigenvalue weighted by atomic mass is 32.1. The summed E-state index contributed by atoms with van der Waals surface area (Å²) < 4.78 is 0. The predicted molar refractivity (Wildman–Crippen MR) is 152 cm³/mol. The SMILES string of the molecule is CC.O=C(Nc1ccccc1-c1nc2cc(CN3CCNCC3)cnc2s1)c1ccc2ccccc2n1. The van der Waals surface area contributed by atoms with E-state index in [2.05, 4.69) is 31.6 Å². The molecule has 6 rings (SSSR count). The molecule has 1 aliphatic rings. The number of nitrogens with zero attached hydrogens (tertiary/aromatic N) is 4. The van der Waals surface area contributed by atoms with Crippen LogP contribution in [0.2, 0.25) is 0 Å². The minimum atomic E-state index is -0.249. The fraction of sp³-hybridized carbons (Fsp3) is 0.241. The number of benzene rings is 2. The van der Waals surface area contributed by atoms with Crippen LogP contribution in [0.15, 0.2) is 72.9 Å². The van der Waals surface area contributed by atoms with Crippen LogP contribution in [0.5, 0.6) is 0 Å². The number of carbonyl (C=O) groups excluding carboxylic acids is 1. The molecule has 1 saturated heterocycles. The summed E-state index contributed by atoms with van der Waals surface area (Å²) in [4.78, 5) is 30.4.